The molecular weight excluding hydrogens is 230 g/mol. The topological polar surface area (TPSA) is 12.0 Å². The maximum atomic E-state index is 6.12. The molecule has 1 nitrogen and oxygen atoms in total. The Morgan fingerprint density at radius 1 is 1.35 bits per heavy atom. The van der Waals surface area contributed by atoms with Crippen molar-refractivity contribution in [3.63, 3.8) is 0 Å². The standard InChI is InChI=1S/C15H22ClN/c1-11(2)15-7-6-13(16)9-12(15)10-14-5-3-4-8-17-14/h6-7,9,11,14,17H,3-5,8,10H2,1-2H3. The summed E-state index contributed by atoms with van der Waals surface area (Å²) in [7, 11) is 0. The van der Waals surface area contributed by atoms with Crippen molar-refractivity contribution in [2.45, 2.75) is 51.5 Å². The largest absolute Gasteiger partial charge is 0.314 e. The van der Waals surface area contributed by atoms with Crippen LogP contribution in [0, 0.1) is 0 Å². The van der Waals surface area contributed by atoms with Crippen LogP contribution in [-0.2, 0) is 6.42 Å². The molecule has 17 heavy (non-hydrogen) atoms. The monoisotopic (exact) mass is 251 g/mol. The molecule has 1 heterocycles. The molecule has 0 radical (unpaired) electrons. The van der Waals surface area contributed by atoms with Crippen molar-refractivity contribution >= 4 is 11.6 Å². The van der Waals surface area contributed by atoms with Crippen molar-refractivity contribution in [2.24, 2.45) is 0 Å². The van der Waals surface area contributed by atoms with Crippen LogP contribution in [0.3, 0.4) is 0 Å². The third-order valence-corrected chi connectivity index (χ3v) is 3.84. The summed E-state index contributed by atoms with van der Waals surface area (Å²) in [5.41, 5.74) is 2.87. The van der Waals surface area contributed by atoms with Gasteiger partial charge in [0.1, 0.15) is 0 Å². The molecule has 2 heteroatoms. The van der Waals surface area contributed by atoms with Crippen molar-refractivity contribution in [3.05, 3.63) is 34.3 Å². The summed E-state index contributed by atoms with van der Waals surface area (Å²) in [5, 5.41) is 4.47. The lowest BCUT2D eigenvalue weighted by atomic mass is 9.90. The summed E-state index contributed by atoms with van der Waals surface area (Å²) in [4.78, 5) is 0. The van der Waals surface area contributed by atoms with Gasteiger partial charge < -0.3 is 5.32 Å². The average molecular weight is 252 g/mol. The van der Waals surface area contributed by atoms with E-state index in [2.05, 4.69) is 31.3 Å². The fourth-order valence-electron chi connectivity index (χ4n) is 2.68. The normalized spacial score (nSPS) is 20.8. The second-order valence-electron chi connectivity index (χ2n) is 5.35. The third kappa shape index (κ3) is 3.46. The van der Waals surface area contributed by atoms with Gasteiger partial charge in [0.15, 0.2) is 0 Å². The SMILES string of the molecule is CC(C)c1ccc(Cl)cc1CC1CCCCN1. The van der Waals surface area contributed by atoms with Gasteiger partial charge in [-0.2, -0.15) is 0 Å². The summed E-state index contributed by atoms with van der Waals surface area (Å²) >= 11 is 6.12. The number of benzene rings is 1. The van der Waals surface area contributed by atoms with Gasteiger partial charge in [-0.1, -0.05) is 37.9 Å². The Bertz CT molecular complexity index is 367. The highest BCUT2D eigenvalue weighted by Gasteiger charge is 2.16. The van der Waals surface area contributed by atoms with Gasteiger partial charge in [0, 0.05) is 11.1 Å². The van der Waals surface area contributed by atoms with Crippen LogP contribution in [0.2, 0.25) is 5.02 Å². The van der Waals surface area contributed by atoms with E-state index in [1.54, 1.807) is 0 Å². The molecule has 1 saturated heterocycles. The van der Waals surface area contributed by atoms with Crippen LogP contribution in [0.25, 0.3) is 0 Å². The molecule has 1 N–H and O–H groups in total. The summed E-state index contributed by atoms with van der Waals surface area (Å²) in [5.74, 6) is 0.575. The molecule has 0 bridgehead atoms. The van der Waals surface area contributed by atoms with Crippen molar-refractivity contribution in [1.82, 2.24) is 5.32 Å². The molecule has 94 valence electrons. The smallest absolute Gasteiger partial charge is 0.0408 e. The van der Waals surface area contributed by atoms with E-state index in [1.807, 2.05) is 6.07 Å². The van der Waals surface area contributed by atoms with Crippen LogP contribution in [0.5, 0.6) is 0 Å². The Morgan fingerprint density at radius 3 is 2.82 bits per heavy atom. The van der Waals surface area contributed by atoms with Crippen LogP contribution in [0.15, 0.2) is 18.2 Å². The molecule has 1 atom stereocenters. The molecule has 0 aliphatic carbocycles. The number of nitrogens with one attached hydrogen (secondary N) is 1. The highest BCUT2D eigenvalue weighted by molar-refractivity contribution is 6.30. The Hall–Kier alpha value is -0.530. The van der Waals surface area contributed by atoms with Crippen LogP contribution >= 0.6 is 11.6 Å². The van der Waals surface area contributed by atoms with Gasteiger partial charge in [0.2, 0.25) is 0 Å². The fraction of sp³-hybridized carbons (Fsp3) is 0.600. The summed E-state index contributed by atoms with van der Waals surface area (Å²) in [6.45, 7) is 5.67. The first-order chi connectivity index (χ1) is 8.16. The lowest BCUT2D eigenvalue weighted by Gasteiger charge is -2.25. The van der Waals surface area contributed by atoms with E-state index < -0.39 is 0 Å². The summed E-state index contributed by atoms with van der Waals surface area (Å²) < 4.78 is 0. The number of hydrogen-bond acceptors (Lipinski definition) is 1. The Morgan fingerprint density at radius 2 is 2.18 bits per heavy atom. The predicted octanol–water partition coefficient (Wildman–Crippen LogP) is 4.15. The Labute approximate surface area is 110 Å². The zero-order chi connectivity index (χ0) is 12.3. The maximum Gasteiger partial charge on any atom is 0.0408 e. The number of rotatable bonds is 3. The first kappa shape index (κ1) is 12.9. The van der Waals surface area contributed by atoms with Crippen LogP contribution in [0.4, 0.5) is 0 Å². The predicted molar refractivity (Wildman–Crippen MR) is 74.9 cm³/mol. The zero-order valence-electron chi connectivity index (χ0n) is 10.8. The minimum atomic E-state index is 0.575. The van der Waals surface area contributed by atoms with E-state index >= 15 is 0 Å². The molecular formula is C15H22ClN. The van der Waals surface area contributed by atoms with Gasteiger partial charge in [0.05, 0.1) is 0 Å². The highest BCUT2D eigenvalue weighted by Crippen LogP contribution is 2.25. The van der Waals surface area contributed by atoms with Crippen LogP contribution in [-0.4, -0.2) is 12.6 Å². The number of hydrogen-bond donors (Lipinski definition) is 1. The third-order valence-electron chi connectivity index (χ3n) is 3.61. The molecule has 1 fully saturated rings. The maximum absolute atomic E-state index is 6.12. The van der Waals surface area contributed by atoms with E-state index in [4.69, 9.17) is 11.6 Å². The molecule has 1 unspecified atom stereocenters. The number of halogens is 1. The van der Waals surface area contributed by atoms with Gasteiger partial charge >= 0.3 is 0 Å². The minimum absolute atomic E-state index is 0.575. The van der Waals surface area contributed by atoms with Crippen LogP contribution < -0.4 is 5.32 Å². The number of piperidine rings is 1. The highest BCUT2D eigenvalue weighted by atomic mass is 35.5. The van der Waals surface area contributed by atoms with Crippen LogP contribution in [0.1, 0.15) is 50.2 Å². The van der Waals surface area contributed by atoms with Crippen molar-refractivity contribution < 1.29 is 0 Å². The molecule has 1 aliphatic heterocycles. The molecule has 2 rings (SSSR count). The van der Waals surface area contributed by atoms with Gasteiger partial charge in [-0.3, -0.25) is 0 Å². The Kier molecular flexibility index (Phi) is 4.47. The lowest BCUT2D eigenvalue weighted by molar-refractivity contribution is 0.398. The second kappa shape index (κ2) is 5.88. The van der Waals surface area contributed by atoms with Crippen molar-refractivity contribution in [2.75, 3.05) is 6.54 Å². The van der Waals surface area contributed by atoms with Crippen molar-refractivity contribution in [3.8, 4) is 0 Å². The molecule has 1 aromatic carbocycles. The van der Waals surface area contributed by atoms with Gasteiger partial charge in [-0.25, -0.2) is 0 Å². The fourth-order valence-corrected chi connectivity index (χ4v) is 2.87. The average Bonchev–Trinajstić information content (AvgIpc) is 2.30. The first-order valence-corrected chi connectivity index (χ1v) is 7.06. The van der Waals surface area contributed by atoms with E-state index in [0.717, 1.165) is 11.4 Å². The quantitative estimate of drug-likeness (QED) is 0.851. The molecule has 1 aromatic rings. The lowest BCUT2D eigenvalue weighted by Crippen LogP contribution is -2.35. The summed E-state index contributed by atoms with van der Waals surface area (Å²) in [6.07, 6.45) is 5.09. The van der Waals surface area contributed by atoms with E-state index in [9.17, 15) is 0 Å². The van der Waals surface area contributed by atoms with E-state index in [-0.39, 0.29) is 0 Å². The molecule has 1 aliphatic rings. The molecule has 0 aromatic heterocycles. The van der Waals surface area contributed by atoms with Gasteiger partial charge in [0.25, 0.3) is 0 Å². The van der Waals surface area contributed by atoms with Gasteiger partial charge in [-0.05, 0) is 55.0 Å². The molecule has 0 amide bonds. The van der Waals surface area contributed by atoms with E-state index in [0.29, 0.717) is 12.0 Å². The van der Waals surface area contributed by atoms with Crippen molar-refractivity contribution in [1.29, 1.82) is 0 Å². The Balaban J connectivity index is 2.14. The van der Waals surface area contributed by atoms with E-state index in [1.165, 1.54) is 36.9 Å². The molecule has 0 spiro atoms. The summed E-state index contributed by atoms with van der Waals surface area (Å²) in [6, 6.07) is 6.98. The first-order valence-electron chi connectivity index (χ1n) is 6.68. The second-order valence-corrected chi connectivity index (χ2v) is 5.79. The minimum Gasteiger partial charge on any atom is -0.314 e. The zero-order valence-corrected chi connectivity index (χ0v) is 11.6. The molecule has 0 saturated carbocycles. The van der Waals surface area contributed by atoms with Gasteiger partial charge in [-0.15, -0.1) is 0 Å².